The Kier molecular flexibility index (Phi) is 3.27. The number of H-pyrrole nitrogens is 1. The molecule has 6 nitrogen and oxygen atoms in total. The highest BCUT2D eigenvalue weighted by atomic mass is 16.6. The van der Waals surface area contributed by atoms with Gasteiger partial charge in [-0.2, -0.15) is 5.10 Å². The maximum absolute atomic E-state index is 11.1. The van der Waals surface area contributed by atoms with Crippen LogP contribution < -0.4 is 5.73 Å². The first-order valence-electron chi connectivity index (χ1n) is 3.71. The second-order valence-electron chi connectivity index (χ2n) is 2.34. The van der Waals surface area contributed by atoms with Gasteiger partial charge in [0.25, 0.3) is 0 Å². The molecule has 1 heterocycles. The number of hydrogen-bond acceptors (Lipinski definition) is 5. The fourth-order valence-corrected chi connectivity index (χ4v) is 0.737. The molecule has 0 bridgehead atoms. The number of hydrogen-bond donors (Lipinski definition) is 2. The molecule has 6 heteroatoms. The zero-order valence-electron chi connectivity index (χ0n) is 7.24. The van der Waals surface area contributed by atoms with Gasteiger partial charge >= 0.3 is 5.97 Å². The second-order valence-corrected chi connectivity index (χ2v) is 2.34. The summed E-state index contributed by atoms with van der Waals surface area (Å²) < 4.78 is 9.50. The molecule has 1 aromatic rings. The number of methoxy groups -OCH3 is 1. The number of rotatable bonds is 4. The van der Waals surface area contributed by atoms with Gasteiger partial charge in [-0.15, -0.1) is 0 Å². The van der Waals surface area contributed by atoms with Crippen LogP contribution in [0, 0.1) is 0 Å². The van der Waals surface area contributed by atoms with Crippen molar-refractivity contribution < 1.29 is 14.3 Å². The average Bonchev–Trinajstić information content (AvgIpc) is 2.52. The van der Waals surface area contributed by atoms with Crippen LogP contribution in [-0.2, 0) is 9.47 Å². The lowest BCUT2D eigenvalue weighted by molar-refractivity contribution is 0.0381. The summed E-state index contributed by atoms with van der Waals surface area (Å²) >= 11 is 0. The van der Waals surface area contributed by atoms with Crippen molar-refractivity contribution in [3.8, 4) is 0 Å². The van der Waals surface area contributed by atoms with Gasteiger partial charge in [0, 0.05) is 13.2 Å². The minimum atomic E-state index is -0.485. The topological polar surface area (TPSA) is 90.2 Å². The third kappa shape index (κ3) is 2.75. The number of carbonyl (C=O) groups is 1. The monoisotopic (exact) mass is 185 g/mol. The van der Waals surface area contributed by atoms with Gasteiger partial charge in [0.1, 0.15) is 18.1 Å². The highest BCUT2D eigenvalue weighted by Crippen LogP contribution is 2.01. The lowest BCUT2D eigenvalue weighted by Crippen LogP contribution is -2.10. The number of anilines is 1. The van der Waals surface area contributed by atoms with E-state index in [1.54, 1.807) is 0 Å². The molecule has 72 valence electrons. The molecule has 0 aliphatic carbocycles. The largest absolute Gasteiger partial charge is 0.459 e. The standard InChI is InChI=1S/C7H11N3O3/c1-12-2-3-13-7(11)5-4-6(8)10-9-5/h4H,2-3H2,1H3,(H3,8,9,10). The maximum atomic E-state index is 11.1. The normalized spacial score (nSPS) is 9.92. The molecule has 0 atom stereocenters. The average molecular weight is 185 g/mol. The smallest absolute Gasteiger partial charge is 0.356 e. The summed E-state index contributed by atoms with van der Waals surface area (Å²) in [5.74, 6) is -0.222. The van der Waals surface area contributed by atoms with Crippen LogP contribution in [0.4, 0.5) is 5.82 Å². The van der Waals surface area contributed by atoms with Crippen molar-refractivity contribution in [2.75, 3.05) is 26.1 Å². The van der Waals surface area contributed by atoms with Crippen LogP contribution in [0.25, 0.3) is 0 Å². The van der Waals surface area contributed by atoms with Crippen molar-refractivity contribution in [2.24, 2.45) is 0 Å². The van der Waals surface area contributed by atoms with Crippen LogP contribution in [-0.4, -0.2) is 36.5 Å². The molecule has 3 N–H and O–H groups in total. The molecule has 1 aromatic heterocycles. The van der Waals surface area contributed by atoms with E-state index < -0.39 is 5.97 Å². The summed E-state index contributed by atoms with van der Waals surface area (Å²) in [7, 11) is 1.53. The van der Waals surface area contributed by atoms with Crippen LogP contribution >= 0.6 is 0 Å². The van der Waals surface area contributed by atoms with Crippen LogP contribution in [0.15, 0.2) is 6.07 Å². The zero-order valence-corrected chi connectivity index (χ0v) is 7.24. The minimum absolute atomic E-state index is 0.217. The molecule has 0 aliphatic heterocycles. The van der Waals surface area contributed by atoms with E-state index in [0.717, 1.165) is 0 Å². The summed E-state index contributed by atoms with van der Waals surface area (Å²) in [6.45, 7) is 0.587. The molecule has 1 rings (SSSR count). The summed E-state index contributed by atoms with van der Waals surface area (Å²) in [6, 6.07) is 1.41. The quantitative estimate of drug-likeness (QED) is 0.500. The Morgan fingerprint density at radius 1 is 1.69 bits per heavy atom. The number of esters is 1. The van der Waals surface area contributed by atoms with Crippen LogP contribution in [0.1, 0.15) is 10.5 Å². The summed E-state index contributed by atoms with van der Waals surface area (Å²) in [4.78, 5) is 11.1. The Hall–Kier alpha value is -1.56. The molecule has 0 aliphatic rings. The molecular formula is C7H11N3O3. The SMILES string of the molecule is COCCOC(=O)c1cc(N)n[nH]1. The van der Waals surface area contributed by atoms with E-state index in [2.05, 4.69) is 10.2 Å². The van der Waals surface area contributed by atoms with E-state index >= 15 is 0 Å². The number of nitrogens with two attached hydrogens (primary N) is 1. The first kappa shape index (κ1) is 9.53. The molecule has 0 unspecified atom stereocenters. The Morgan fingerprint density at radius 2 is 2.46 bits per heavy atom. The third-order valence-electron chi connectivity index (χ3n) is 1.34. The fourth-order valence-electron chi connectivity index (χ4n) is 0.737. The molecule has 0 radical (unpaired) electrons. The molecule has 0 spiro atoms. The van der Waals surface area contributed by atoms with E-state index in [9.17, 15) is 4.79 Å². The number of aromatic nitrogens is 2. The van der Waals surface area contributed by atoms with Crippen molar-refractivity contribution in [3.05, 3.63) is 11.8 Å². The van der Waals surface area contributed by atoms with Gasteiger partial charge < -0.3 is 15.2 Å². The van der Waals surface area contributed by atoms with Gasteiger partial charge in [0.2, 0.25) is 0 Å². The highest BCUT2D eigenvalue weighted by Gasteiger charge is 2.09. The lowest BCUT2D eigenvalue weighted by Gasteiger charge is -2.00. The molecule has 13 heavy (non-hydrogen) atoms. The van der Waals surface area contributed by atoms with Gasteiger partial charge in [-0.25, -0.2) is 4.79 Å². The Morgan fingerprint density at radius 3 is 3.00 bits per heavy atom. The second kappa shape index (κ2) is 4.46. The summed E-state index contributed by atoms with van der Waals surface area (Å²) in [6.07, 6.45) is 0. The van der Waals surface area contributed by atoms with Crippen molar-refractivity contribution in [3.63, 3.8) is 0 Å². The summed E-state index contributed by atoms with van der Waals surface area (Å²) in [5.41, 5.74) is 5.54. The number of nitrogens with one attached hydrogen (secondary N) is 1. The Labute approximate surface area is 75.0 Å². The van der Waals surface area contributed by atoms with E-state index in [-0.39, 0.29) is 18.1 Å². The predicted octanol–water partition coefficient (Wildman–Crippen LogP) is -0.205. The Balaban J connectivity index is 2.40. The van der Waals surface area contributed by atoms with E-state index in [1.807, 2.05) is 0 Å². The number of ether oxygens (including phenoxy) is 2. The van der Waals surface area contributed by atoms with Crippen LogP contribution in [0.5, 0.6) is 0 Å². The predicted molar refractivity (Wildman–Crippen MR) is 45.2 cm³/mol. The lowest BCUT2D eigenvalue weighted by atomic mass is 10.4. The van der Waals surface area contributed by atoms with Crippen LogP contribution in [0.3, 0.4) is 0 Å². The van der Waals surface area contributed by atoms with Crippen molar-refractivity contribution in [2.45, 2.75) is 0 Å². The van der Waals surface area contributed by atoms with Crippen molar-refractivity contribution >= 4 is 11.8 Å². The van der Waals surface area contributed by atoms with Gasteiger partial charge in [0.15, 0.2) is 0 Å². The summed E-state index contributed by atoms with van der Waals surface area (Å²) in [5, 5.41) is 6.03. The van der Waals surface area contributed by atoms with Gasteiger partial charge in [0.05, 0.1) is 6.61 Å². The maximum Gasteiger partial charge on any atom is 0.356 e. The fraction of sp³-hybridized carbons (Fsp3) is 0.429. The first-order valence-corrected chi connectivity index (χ1v) is 3.71. The minimum Gasteiger partial charge on any atom is -0.459 e. The zero-order chi connectivity index (χ0) is 9.68. The number of aromatic amines is 1. The number of carbonyl (C=O) groups excluding carboxylic acids is 1. The highest BCUT2D eigenvalue weighted by molar-refractivity contribution is 5.87. The first-order chi connectivity index (χ1) is 6.24. The Bertz CT molecular complexity index is 284. The number of nitrogen functional groups attached to an aromatic ring is 1. The number of nitrogens with zero attached hydrogens (tertiary/aromatic N) is 1. The van der Waals surface area contributed by atoms with Gasteiger partial charge in [-0.1, -0.05) is 0 Å². The third-order valence-corrected chi connectivity index (χ3v) is 1.34. The van der Waals surface area contributed by atoms with E-state index in [1.165, 1.54) is 13.2 Å². The molecule has 0 aromatic carbocycles. The van der Waals surface area contributed by atoms with Crippen molar-refractivity contribution in [1.29, 1.82) is 0 Å². The van der Waals surface area contributed by atoms with Gasteiger partial charge in [-0.3, -0.25) is 5.10 Å². The van der Waals surface area contributed by atoms with Crippen LogP contribution in [0.2, 0.25) is 0 Å². The van der Waals surface area contributed by atoms with E-state index in [4.69, 9.17) is 15.2 Å². The molecule has 0 saturated carbocycles. The van der Waals surface area contributed by atoms with Crippen molar-refractivity contribution in [1.82, 2.24) is 10.2 Å². The van der Waals surface area contributed by atoms with E-state index in [0.29, 0.717) is 6.61 Å². The molecule has 0 amide bonds. The molecule has 0 fully saturated rings. The molecular weight excluding hydrogens is 174 g/mol. The molecule has 0 saturated heterocycles. The van der Waals surface area contributed by atoms with Gasteiger partial charge in [-0.05, 0) is 0 Å².